The molecule has 2 amide bonds. The quantitative estimate of drug-likeness (QED) is 0.481. The minimum Gasteiger partial charge on any atom is -0.323 e. The van der Waals surface area contributed by atoms with E-state index in [2.05, 4.69) is 15.6 Å². The number of hydrogen-bond donors (Lipinski definition) is 2. The highest BCUT2D eigenvalue weighted by molar-refractivity contribution is 6.06. The van der Waals surface area contributed by atoms with E-state index in [0.717, 1.165) is 11.0 Å². The Labute approximate surface area is 171 Å². The van der Waals surface area contributed by atoms with Crippen LogP contribution in [0.5, 0.6) is 0 Å². The van der Waals surface area contributed by atoms with Crippen molar-refractivity contribution in [2.24, 2.45) is 0 Å². The average Bonchev–Trinajstić information content (AvgIpc) is 3.38. The van der Waals surface area contributed by atoms with Gasteiger partial charge in [0.25, 0.3) is 11.8 Å². The molecule has 0 aliphatic rings. The number of pyridine rings is 3. The minimum atomic E-state index is -0.270. The van der Waals surface area contributed by atoms with Crippen LogP contribution in [0, 0.1) is 0 Å². The number of amides is 2. The zero-order chi connectivity index (χ0) is 20.5. The zero-order valence-electron chi connectivity index (χ0n) is 15.8. The number of fused-ring (bicyclic) bond motifs is 2. The van der Waals surface area contributed by atoms with Crippen molar-refractivity contribution in [2.75, 3.05) is 10.6 Å². The van der Waals surface area contributed by atoms with Crippen LogP contribution in [0.3, 0.4) is 0 Å². The molecule has 0 aliphatic carbocycles. The topological polar surface area (TPSA) is 79.9 Å². The lowest BCUT2D eigenvalue weighted by Gasteiger charge is -2.06. The molecule has 5 aromatic heterocycles. The summed E-state index contributed by atoms with van der Waals surface area (Å²) in [5.74, 6) is 0.173. The average molecular weight is 395 g/mol. The van der Waals surface area contributed by atoms with Gasteiger partial charge in [-0.2, -0.15) is 0 Å². The Hall–Kier alpha value is -4.39. The molecule has 2 N–H and O–H groups in total. The molecule has 0 radical (unpaired) electrons. The highest BCUT2D eigenvalue weighted by atomic mass is 16.2. The SMILES string of the molecule is O=C(Nc1cccc(NC(=O)c2cc3ccccn3c2)n1)c1cc2ccccn2c1. The van der Waals surface area contributed by atoms with Crippen LogP contribution in [0.15, 0.2) is 91.5 Å². The van der Waals surface area contributed by atoms with Crippen molar-refractivity contribution in [3.05, 3.63) is 103 Å². The first-order valence-corrected chi connectivity index (χ1v) is 9.39. The number of carbonyl (C=O) groups excluding carboxylic acids is 2. The summed E-state index contributed by atoms with van der Waals surface area (Å²) in [6.45, 7) is 0. The van der Waals surface area contributed by atoms with Gasteiger partial charge in [0.15, 0.2) is 0 Å². The molecule has 7 nitrogen and oxygen atoms in total. The molecular formula is C23H17N5O2. The van der Waals surface area contributed by atoms with Gasteiger partial charge in [-0.25, -0.2) is 4.98 Å². The molecule has 5 rings (SSSR count). The number of nitrogens with zero attached hydrogens (tertiary/aromatic N) is 3. The molecule has 0 aromatic carbocycles. The van der Waals surface area contributed by atoms with Gasteiger partial charge in [-0.1, -0.05) is 18.2 Å². The van der Waals surface area contributed by atoms with Crippen molar-refractivity contribution in [2.45, 2.75) is 0 Å². The maximum absolute atomic E-state index is 12.6. The van der Waals surface area contributed by atoms with Crippen LogP contribution in [0.1, 0.15) is 20.7 Å². The molecular weight excluding hydrogens is 378 g/mol. The van der Waals surface area contributed by atoms with Gasteiger partial charge in [0.1, 0.15) is 11.6 Å². The standard InChI is InChI=1S/C23H17N5O2/c29-22(16-12-18-6-1-3-10-27(18)14-16)25-20-8-5-9-21(24-20)26-23(30)17-13-19-7-2-4-11-28(19)15-17/h1-15H,(H2,24,25,26,29,30). The van der Waals surface area contributed by atoms with Crippen molar-refractivity contribution in [1.29, 1.82) is 0 Å². The minimum absolute atomic E-state index is 0.270. The Morgan fingerprint density at radius 1 is 0.667 bits per heavy atom. The first kappa shape index (κ1) is 17.7. The molecule has 0 atom stereocenters. The third-order valence-electron chi connectivity index (χ3n) is 4.77. The van der Waals surface area contributed by atoms with Crippen LogP contribution in [0.2, 0.25) is 0 Å². The number of rotatable bonds is 4. The predicted molar refractivity (Wildman–Crippen MR) is 115 cm³/mol. The molecule has 0 aliphatic heterocycles. The summed E-state index contributed by atoms with van der Waals surface area (Å²) in [5.41, 5.74) is 2.91. The zero-order valence-corrected chi connectivity index (χ0v) is 15.8. The molecule has 0 saturated heterocycles. The molecule has 5 heterocycles. The highest BCUT2D eigenvalue weighted by Crippen LogP contribution is 2.16. The fourth-order valence-corrected chi connectivity index (χ4v) is 3.31. The molecule has 7 heteroatoms. The van der Waals surface area contributed by atoms with Gasteiger partial charge in [-0.15, -0.1) is 0 Å². The van der Waals surface area contributed by atoms with Gasteiger partial charge in [0, 0.05) is 35.8 Å². The summed E-state index contributed by atoms with van der Waals surface area (Å²) >= 11 is 0. The van der Waals surface area contributed by atoms with Gasteiger partial charge in [0.05, 0.1) is 11.1 Å². The second-order valence-electron chi connectivity index (χ2n) is 6.84. The summed E-state index contributed by atoms with van der Waals surface area (Å²) in [6.07, 6.45) is 7.28. The second kappa shape index (κ2) is 7.21. The smallest absolute Gasteiger partial charge is 0.258 e. The number of nitrogens with one attached hydrogen (secondary N) is 2. The number of hydrogen-bond acceptors (Lipinski definition) is 3. The number of aromatic nitrogens is 3. The highest BCUT2D eigenvalue weighted by Gasteiger charge is 2.12. The fourth-order valence-electron chi connectivity index (χ4n) is 3.31. The van der Waals surface area contributed by atoms with E-state index < -0.39 is 0 Å². The van der Waals surface area contributed by atoms with Crippen molar-refractivity contribution in [1.82, 2.24) is 13.8 Å². The van der Waals surface area contributed by atoms with Gasteiger partial charge in [-0.05, 0) is 48.5 Å². The summed E-state index contributed by atoms with van der Waals surface area (Å²) in [5, 5.41) is 5.55. The predicted octanol–water partition coefficient (Wildman–Crippen LogP) is 4.09. The molecule has 146 valence electrons. The van der Waals surface area contributed by atoms with E-state index in [4.69, 9.17) is 0 Å². The van der Waals surface area contributed by atoms with Crippen LogP contribution in [-0.4, -0.2) is 25.6 Å². The van der Waals surface area contributed by atoms with Gasteiger partial charge >= 0.3 is 0 Å². The van der Waals surface area contributed by atoms with E-state index >= 15 is 0 Å². The maximum atomic E-state index is 12.6. The lowest BCUT2D eigenvalue weighted by molar-refractivity contribution is 0.101. The van der Waals surface area contributed by atoms with Crippen molar-refractivity contribution >= 4 is 34.5 Å². The van der Waals surface area contributed by atoms with Gasteiger partial charge in [-0.3, -0.25) is 9.59 Å². The summed E-state index contributed by atoms with van der Waals surface area (Å²) in [6, 6.07) is 20.2. The van der Waals surface area contributed by atoms with Crippen molar-refractivity contribution in [3.63, 3.8) is 0 Å². The Morgan fingerprint density at radius 2 is 1.17 bits per heavy atom. The third kappa shape index (κ3) is 3.40. The van der Waals surface area contributed by atoms with Gasteiger partial charge < -0.3 is 19.4 Å². The molecule has 0 unspecified atom stereocenters. The normalized spacial score (nSPS) is 10.9. The van der Waals surface area contributed by atoms with E-state index in [0.29, 0.717) is 22.8 Å². The first-order valence-electron chi connectivity index (χ1n) is 9.39. The van der Waals surface area contributed by atoms with Crippen LogP contribution < -0.4 is 10.6 Å². The lowest BCUT2D eigenvalue weighted by atomic mass is 10.3. The molecule has 0 fully saturated rings. The summed E-state index contributed by atoms with van der Waals surface area (Å²) in [4.78, 5) is 29.5. The monoisotopic (exact) mass is 395 g/mol. The molecule has 5 aromatic rings. The number of anilines is 2. The molecule has 0 bridgehead atoms. The molecule has 30 heavy (non-hydrogen) atoms. The van der Waals surface area contributed by atoms with E-state index in [9.17, 15) is 9.59 Å². The lowest BCUT2D eigenvalue weighted by Crippen LogP contribution is -2.15. The largest absolute Gasteiger partial charge is 0.323 e. The van der Waals surface area contributed by atoms with E-state index in [1.54, 1.807) is 42.7 Å². The van der Waals surface area contributed by atoms with Crippen LogP contribution in [-0.2, 0) is 0 Å². The Kier molecular flexibility index (Phi) is 4.25. The Morgan fingerprint density at radius 3 is 1.63 bits per heavy atom. The van der Waals surface area contributed by atoms with Crippen LogP contribution in [0.25, 0.3) is 11.0 Å². The summed E-state index contributed by atoms with van der Waals surface area (Å²) < 4.78 is 3.75. The van der Waals surface area contributed by atoms with Crippen molar-refractivity contribution < 1.29 is 9.59 Å². The third-order valence-corrected chi connectivity index (χ3v) is 4.77. The second-order valence-corrected chi connectivity index (χ2v) is 6.84. The van der Waals surface area contributed by atoms with Crippen LogP contribution >= 0.6 is 0 Å². The van der Waals surface area contributed by atoms with Crippen LogP contribution in [0.4, 0.5) is 11.6 Å². The molecule has 0 saturated carbocycles. The fraction of sp³-hybridized carbons (Fsp3) is 0. The Bertz CT molecular complexity index is 1230. The molecule has 0 spiro atoms. The number of carbonyl (C=O) groups is 2. The van der Waals surface area contributed by atoms with E-state index in [1.165, 1.54) is 0 Å². The van der Waals surface area contributed by atoms with Gasteiger partial charge in [0.2, 0.25) is 0 Å². The van der Waals surface area contributed by atoms with Crippen molar-refractivity contribution in [3.8, 4) is 0 Å². The van der Waals surface area contributed by atoms with E-state index in [1.807, 2.05) is 57.6 Å². The Balaban J connectivity index is 1.32. The maximum Gasteiger partial charge on any atom is 0.258 e. The van der Waals surface area contributed by atoms with E-state index in [-0.39, 0.29) is 11.8 Å². The first-order chi connectivity index (χ1) is 14.7. The summed E-state index contributed by atoms with van der Waals surface area (Å²) in [7, 11) is 0.